The van der Waals surface area contributed by atoms with Gasteiger partial charge in [0.15, 0.2) is 0 Å². The van der Waals surface area contributed by atoms with Crippen molar-refractivity contribution >= 4 is 0 Å². The number of aromatic nitrogens is 2. The number of aryl methyl sites for hydroxylation is 1. The Hall–Kier alpha value is -2.01. The first-order valence-electron chi connectivity index (χ1n) is 7.25. The van der Waals surface area contributed by atoms with Crippen molar-refractivity contribution in [1.82, 2.24) is 15.1 Å². The van der Waals surface area contributed by atoms with Crippen LogP contribution in [-0.4, -0.2) is 22.9 Å². The Balaban J connectivity index is 1.69. The van der Waals surface area contributed by atoms with Gasteiger partial charge in [-0.25, -0.2) is 0 Å². The summed E-state index contributed by atoms with van der Waals surface area (Å²) in [5.74, 6) is 1.68. The molecule has 0 aliphatic heterocycles. The summed E-state index contributed by atoms with van der Waals surface area (Å²) in [6.07, 6.45) is 6.34. The first-order valence-corrected chi connectivity index (χ1v) is 7.25. The Morgan fingerprint density at radius 1 is 1.38 bits per heavy atom. The lowest BCUT2D eigenvalue weighted by Gasteiger charge is -2.13. The van der Waals surface area contributed by atoms with Gasteiger partial charge in [-0.2, -0.15) is 5.10 Å². The molecular weight excluding hydrogens is 266 g/mol. The van der Waals surface area contributed by atoms with E-state index in [9.17, 15) is 0 Å². The standard InChI is InChI=1S/C16H21N3O2/c1-19-10-12(8-18-19)11-21-16-7-15(20-2)6-3-13(16)9-17-14-4-5-14/h3,6-8,10,14,17H,4-5,9,11H2,1-2H3. The van der Waals surface area contributed by atoms with Crippen LogP contribution in [0.4, 0.5) is 0 Å². The zero-order chi connectivity index (χ0) is 14.7. The lowest BCUT2D eigenvalue weighted by Crippen LogP contribution is -2.16. The molecule has 1 fully saturated rings. The zero-order valence-corrected chi connectivity index (χ0v) is 12.5. The topological polar surface area (TPSA) is 48.3 Å². The van der Waals surface area contributed by atoms with Crippen LogP contribution in [0, 0.1) is 0 Å². The molecule has 112 valence electrons. The normalized spacial score (nSPS) is 14.2. The maximum atomic E-state index is 5.96. The fourth-order valence-electron chi connectivity index (χ4n) is 2.19. The van der Waals surface area contributed by atoms with Crippen molar-refractivity contribution in [3.05, 3.63) is 41.7 Å². The van der Waals surface area contributed by atoms with E-state index in [-0.39, 0.29) is 0 Å². The van der Waals surface area contributed by atoms with Crippen LogP contribution in [0.5, 0.6) is 11.5 Å². The summed E-state index contributed by atoms with van der Waals surface area (Å²) in [6, 6.07) is 6.66. The van der Waals surface area contributed by atoms with Crippen molar-refractivity contribution in [2.45, 2.75) is 32.0 Å². The molecule has 0 unspecified atom stereocenters. The summed E-state index contributed by atoms with van der Waals surface area (Å²) >= 11 is 0. The fourth-order valence-corrected chi connectivity index (χ4v) is 2.19. The van der Waals surface area contributed by atoms with E-state index in [1.54, 1.807) is 11.8 Å². The van der Waals surface area contributed by atoms with Crippen LogP contribution in [-0.2, 0) is 20.2 Å². The maximum absolute atomic E-state index is 5.96. The average Bonchev–Trinajstić information content (AvgIpc) is 3.24. The molecule has 1 saturated carbocycles. The van der Waals surface area contributed by atoms with Gasteiger partial charge in [-0.3, -0.25) is 4.68 Å². The number of nitrogens with one attached hydrogen (secondary N) is 1. The summed E-state index contributed by atoms with van der Waals surface area (Å²) in [5, 5.41) is 7.67. The second kappa shape index (κ2) is 6.18. The molecule has 1 aliphatic carbocycles. The van der Waals surface area contributed by atoms with Crippen molar-refractivity contribution in [2.24, 2.45) is 7.05 Å². The van der Waals surface area contributed by atoms with E-state index in [1.165, 1.54) is 12.8 Å². The summed E-state index contributed by atoms with van der Waals surface area (Å²) < 4.78 is 13.0. The highest BCUT2D eigenvalue weighted by Gasteiger charge is 2.20. The van der Waals surface area contributed by atoms with Gasteiger partial charge in [-0.1, -0.05) is 6.07 Å². The molecule has 0 atom stereocenters. The van der Waals surface area contributed by atoms with Crippen LogP contribution in [0.1, 0.15) is 24.0 Å². The van der Waals surface area contributed by atoms with Gasteiger partial charge in [-0.15, -0.1) is 0 Å². The molecule has 0 spiro atoms. The van der Waals surface area contributed by atoms with Gasteiger partial charge in [0.2, 0.25) is 0 Å². The minimum Gasteiger partial charge on any atom is -0.497 e. The molecule has 1 aromatic heterocycles. The Morgan fingerprint density at radius 3 is 2.90 bits per heavy atom. The highest BCUT2D eigenvalue weighted by molar-refractivity contribution is 5.41. The lowest BCUT2D eigenvalue weighted by atomic mass is 10.2. The van der Waals surface area contributed by atoms with Gasteiger partial charge >= 0.3 is 0 Å². The fraction of sp³-hybridized carbons (Fsp3) is 0.438. The molecule has 0 amide bonds. The van der Waals surface area contributed by atoms with Crippen molar-refractivity contribution in [1.29, 1.82) is 0 Å². The van der Waals surface area contributed by atoms with Gasteiger partial charge in [-0.05, 0) is 18.9 Å². The third kappa shape index (κ3) is 3.76. The van der Waals surface area contributed by atoms with Gasteiger partial charge < -0.3 is 14.8 Å². The molecular formula is C16H21N3O2. The highest BCUT2D eigenvalue weighted by Crippen LogP contribution is 2.27. The molecule has 1 N–H and O–H groups in total. The Kier molecular flexibility index (Phi) is 4.10. The van der Waals surface area contributed by atoms with Crippen molar-refractivity contribution in [3.63, 3.8) is 0 Å². The van der Waals surface area contributed by atoms with Crippen LogP contribution in [0.15, 0.2) is 30.6 Å². The molecule has 2 aromatic rings. The Morgan fingerprint density at radius 2 is 2.24 bits per heavy atom. The molecule has 1 aliphatic rings. The van der Waals surface area contributed by atoms with E-state index in [1.807, 2.05) is 31.6 Å². The van der Waals surface area contributed by atoms with E-state index in [0.29, 0.717) is 12.6 Å². The third-order valence-electron chi connectivity index (χ3n) is 3.59. The molecule has 1 heterocycles. The predicted octanol–water partition coefficient (Wildman–Crippen LogP) is 2.26. The maximum Gasteiger partial charge on any atom is 0.127 e. The van der Waals surface area contributed by atoms with Crippen LogP contribution < -0.4 is 14.8 Å². The zero-order valence-electron chi connectivity index (χ0n) is 12.5. The third-order valence-corrected chi connectivity index (χ3v) is 3.59. The lowest BCUT2D eigenvalue weighted by molar-refractivity contribution is 0.299. The van der Waals surface area contributed by atoms with Crippen molar-refractivity contribution < 1.29 is 9.47 Å². The number of benzene rings is 1. The SMILES string of the molecule is COc1ccc(CNC2CC2)c(OCc2cnn(C)c2)c1. The average molecular weight is 287 g/mol. The molecule has 3 rings (SSSR count). The number of nitrogens with zero attached hydrogens (tertiary/aromatic N) is 2. The van der Waals surface area contributed by atoms with Gasteiger partial charge in [0, 0.05) is 43.0 Å². The summed E-state index contributed by atoms with van der Waals surface area (Å²) in [6.45, 7) is 1.34. The molecule has 0 radical (unpaired) electrons. The van der Waals surface area contributed by atoms with Gasteiger partial charge in [0.25, 0.3) is 0 Å². The van der Waals surface area contributed by atoms with E-state index < -0.39 is 0 Å². The Bertz CT molecular complexity index is 605. The number of methoxy groups -OCH3 is 1. The number of ether oxygens (including phenoxy) is 2. The second-order valence-corrected chi connectivity index (χ2v) is 5.44. The van der Waals surface area contributed by atoms with Crippen molar-refractivity contribution in [2.75, 3.05) is 7.11 Å². The first-order chi connectivity index (χ1) is 10.2. The molecule has 0 bridgehead atoms. The molecule has 0 saturated heterocycles. The van der Waals surface area contributed by atoms with Crippen LogP contribution >= 0.6 is 0 Å². The summed E-state index contributed by atoms with van der Waals surface area (Å²) in [5.41, 5.74) is 2.22. The minimum atomic E-state index is 0.511. The van der Waals surface area contributed by atoms with E-state index in [0.717, 1.165) is 29.2 Å². The quantitative estimate of drug-likeness (QED) is 0.848. The van der Waals surface area contributed by atoms with E-state index >= 15 is 0 Å². The van der Waals surface area contributed by atoms with Gasteiger partial charge in [0.1, 0.15) is 18.1 Å². The minimum absolute atomic E-state index is 0.511. The number of rotatable bonds is 7. The highest BCUT2D eigenvalue weighted by atomic mass is 16.5. The summed E-state index contributed by atoms with van der Waals surface area (Å²) in [4.78, 5) is 0. The van der Waals surface area contributed by atoms with Crippen LogP contribution in [0.3, 0.4) is 0 Å². The van der Waals surface area contributed by atoms with Crippen LogP contribution in [0.25, 0.3) is 0 Å². The molecule has 5 nitrogen and oxygen atoms in total. The number of hydrogen-bond acceptors (Lipinski definition) is 4. The molecule has 5 heteroatoms. The first kappa shape index (κ1) is 13.9. The van der Waals surface area contributed by atoms with Gasteiger partial charge in [0.05, 0.1) is 13.3 Å². The second-order valence-electron chi connectivity index (χ2n) is 5.44. The van der Waals surface area contributed by atoms with E-state index in [4.69, 9.17) is 9.47 Å². The monoisotopic (exact) mass is 287 g/mol. The number of hydrogen-bond donors (Lipinski definition) is 1. The van der Waals surface area contributed by atoms with Crippen LogP contribution in [0.2, 0.25) is 0 Å². The molecule has 21 heavy (non-hydrogen) atoms. The largest absolute Gasteiger partial charge is 0.497 e. The Labute approximate surface area is 124 Å². The van der Waals surface area contributed by atoms with E-state index in [2.05, 4.69) is 16.5 Å². The predicted molar refractivity (Wildman–Crippen MR) is 80.4 cm³/mol. The summed E-state index contributed by atoms with van der Waals surface area (Å²) in [7, 11) is 3.57. The molecule has 1 aromatic carbocycles. The smallest absolute Gasteiger partial charge is 0.127 e. The van der Waals surface area contributed by atoms with Crippen molar-refractivity contribution in [3.8, 4) is 11.5 Å².